The molecule has 2 aliphatic heterocycles. The Balaban J connectivity index is 1.39. The molecule has 1 amide bonds. The van der Waals surface area contributed by atoms with Crippen LogP contribution in [0.15, 0.2) is 64.9 Å². The summed E-state index contributed by atoms with van der Waals surface area (Å²) in [5.41, 5.74) is 0.732. The van der Waals surface area contributed by atoms with Gasteiger partial charge < -0.3 is 19.0 Å². The normalized spacial score (nSPS) is 16.3. The molecule has 0 spiro atoms. The van der Waals surface area contributed by atoms with Crippen LogP contribution in [0.5, 0.6) is 17.2 Å². The monoisotopic (exact) mass is 453 g/mol. The number of benzene rings is 2. The summed E-state index contributed by atoms with van der Waals surface area (Å²) in [5, 5.41) is 9.85. The van der Waals surface area contributed by atoms with Gasteiger partial charge in [0.25, 0.3) is 5.91 Å². The van der Waals surface area contributed by atoms with Crippen molar-refractivity contribution in [2.24, 2.45) is 4.99 Å². The van der Waals surface area contributed by atoms with Crippen LogP contribution in [0, 0.1) is 5.41 Å². The fourth-order valence-electron chi connectivity index (χ4n) is 3.13. The number of amides is 1. The minimum atomic E-state index is -0.513. The Kier molecular flexibility index (Phi) is 6.13. The minimum Gasteiger partial charge on any atom is -0.493 e. The predicted molar refractivity (Wildman–Crippen MR) is 120 cm³/mol. The number of hydrogen-bond donors (Lipinski definition) is 1. The number of methoxy groups -OCH3 is 1. The van der Waals surface area contributed by atoms with Gasteiger partial charge in [-0.3, -0.25) is 10.2 Å². The van der Waals surface area contributed by atoms with E-state index in [0.717, 1.165) is 0 Å². The Hall–Kier alpha value is -3.78. The third-order valence-electron chi connectivity index (χ3n) is 4.61. The average molecular weight is 454 g/mol. The van der Waals surface area contributed by atoms with Crippen molar-refractivity contribution in [1.29, 1.82) is 5.41 Å². The highest BCUT2D eigenvalue weighted by Gasteiger charge is 2.34. The SMILES string of the molecule is COc1ccccc1OCCOc1ccc(/C=C2/C(=N)N3OC(C)=CC3=NC2=O)cc1Cl. The van der Waals surface area contributed by atoms with Crippen LogP contribution in [0.1, 0.15) is 12.5 Å². The lowest BCUT2D eigenvalue weighted by atomic mass is 10.1. The second-order valence-corrected chi connectivity index (χ2v) is 7.27. The van der Waals surface area contributed by atoms with Crippen molar-refractivity contribution in [1.82, 2.24) is 5.06 Å². The number of amidine groups is 2. The molecule has 0 aliphatic carbocycles. The number of halogens is 1. The Morgan fingerprint density at radius 1 is 1.12 bits per heavy atom. The van der Waals surface area contributed by atoms with Gasteiger partial charge in [0.05, 0.1) is 17.7 Å². The van der Waals surface area contributed by atoms with E-state index in [-0.39, 0.29) is 18.0 Å². The number of aliphatic imine (C=N–C) groups is 1. The van der Waals surface area contributed by atoms with Crippen LogP contribution in [-0.4, -0.2) is 43.0 Å². The Bertz CT molecular complexity index is 1170. The first kappa shape index (κ1) is 21.5. The number of hydroxylamine groups is 2. The quantitative estimate of drug-likeness (QED) is 0.497. The fourth-order valence-corrected chi connectivity index (χ4v) is 3.38. The Morgan fingerprint density at radius 2 is 1.84 bits per heavy atom. The van der Waals surface area contributed by atoms with Crippen molar-refractivity contribution in [2.75, 3.05) is 20.3 Å². The van der Waals surface area contributed by atoms with Gasteiger partial charge in [-0.15, -0.1) is 5.06 Å². The van der Waals surface area contributed by atoms with Crippen LogP contribution in [0.2, 0.25) is 5.02 Å². The Morgan fingerprint density at radius 3 is 2.56 bits per heavy atom. The average Bonchev–Trinajstić information content (AvgIpc) is 3.15. The molecule has 4 rings (SSSR count). The molecule has 2 heterocycles. The number of fused-ring (bicyclic) bond motifs is 1. The molecule has 0 unspecified atom stereocenters. The van der Waals surface area contributed by atoms with E-state index in [0.29, 0.717) is 46.0 Å². The molecule has 2 aliphatic rings. The Labute approximate surface area is 189 Å². The van der Waals surface area contributed by atoms with E-state index in [1.54, 1.807) is 44.4 Å². The lowest BCUT2D eigenvalue weighted by Crippen LogP contribution is -2.38. The number of nitrogens with one attached hydrogen (secondary N) is 1. The van der Waals surface area contributed by atoms with Gasteiger partial charge in [-0.05, 0) is 42.8 Å². The van der Waals surface area contributed by atoms with Crippen molar-refractivity contribution in [2.45, 2.75) is 6.92 Å². The third-order valence-corrected chi connectivity index (χ3v) is 4.91. The highest BCUT2D eigenvalue weighted by Crippen LogP contribution is 2.29. The molecule has 9 heteroatoms. The van der Waals surface area contributed by atoms with Gasteiger partial charge in [0, 0.05) is 6.08 Å². The van der Waals surface area contributed by atoms with Crippen LogP contribution in [0.4, 0.5) is 0 Å². The second-order valence-electron chi connectivity index (χ2n) is 6.86. The summed E-state index contributed by atoms with van der Waals surface area (Å²) in [7, 11) is 1.58. The van der Waals surface area contributed by atoms with Crippen LogP contribution < -0.4 is 14.2 Å². The van der Waals surface area contributed by atoms with Crippen molar-refractivity contribution in [3.8, 4) is 17.2 Å². The van der Waals surface area contributed by atoms with E-state index < -0.39 is 5.91 Å². The number of carbonyl (C=O) groups is 1. The number of rotatable bonds is 7. The molecule has 0 saturated carbocycles. The fraction of sp³-hybridized carbons (Fsp3) is 0.174. The molecular formula is C23H20ClN3O5. The van der Waals surface area contributed by atoms with Gasteiger partial charge in [-0.2, -0.15) is 4.99 Å². The van der Waals surface area contributed by atoms with Crippen molar-refractivity contribution in [3.05, 3.63) is 70.5 Å². The van der Waals surface area contributed by atoms with E-state index >= 15 is 0 Å². The zero-order valence-corrected chi connectivity index (χ0v) is 18.2. The molecule has 164 valence electrons. The summed E-state index contributed by atoms with van der Waals surface area (Å²) in [6.07, 6.45) is 3.15. The predicted octanol–water partition coefficient (Wildman–Crippen LogP) is 4.26. The van der Waals surface area contributed by atoms with Crippen LogP contribution in [-0.2, 0) is 9.63 Å². The van der Waals surface area contributed by atoms with E-state index in [9.17, 15) is 4.79 Å². The van der Waals surface area contributed by atoms with Crippen LogP contribution >= 0.6 is 11.6 Å². The standard InChI is InChI=1S/C23H20ClN3O5/c1-14-11-21-26-23(28)16(22(25)27(21)32-14)12-15-7-8-18(17(24)13-15)30-9-10-31-20-6-4-3-5-19(20)29-2/h3-8,11-13,25H,9-10H2,1-2H3/b16-12-,25-22?. The number of hydrogen-bond acceptors (Lipinski definition) is 6. The van der Waals surface area contributed by atoms with Crippen molar-refractivity contribution in [3.63, 3.8) is 0 Å². The van der Waals surface area contributed by atoms with Crippen LogP contribution in [0.25, 0.3) is 6.08 Å². The first-order valence-corrected chi connectivity index (χ1v) is 10.1. The summed E-state index contributed by atoms with van der Waals surface area (Å²) in [4.78, 5) is 21.7. The first-order chi connectivity index (χ1) is 15.5. The van der Waals surface area contributed by atoms with Crippen molar-refractivity contribution < 1.29 is 23.8 Å². The summed E-state index contributed by atoms with van der Waals surface area (Å²) in [6.45, 7) is 2.30. The minimum absolute atomic E-state index is 0.0852. The molecule has 0 saturated heterocycles. The van der Waals surface area contributed by atoms with Gasteiger partial charge in [0.15, 0.2) is 23.2 Å². The maximum atomic E-state index is 12.4. The van der Waals surface area contributed by atoms with Crippen LogP contribution in [0.3, 0.4) is 0 Å². The molecule has 2 aromatic carbocycles. The van der Waals surface area contributed by atoms with Gasteiger partial charge >= 0.3 is 0 Å². The number of ether oxygens (including phenoxy) is 3. The summed E-state index contributed by atoms with van der Waals surface area (Å²) >= 11 is 6.35. The van der Waals surface area contributed by atoms with Crippen molar-refractivity contribution >= 4 is 35.3 Å². The zero-order valence-electron chi connectivity index (χ0n) is 17.4. The number of nitrogens with zero attached hydrogens (tertiary/aromatic N) is 2. The highest BCUT2D eigenvalue weighted by molar-refractivity contribution is 6.33. The molecule has 2 aromatic rings. The third kappa shape index (κ3) is 4.45. The molecule has 0 aromatic heterocycles. The molecule has 1 N–H and O–H groups in total. The summed E-state index contributed by atoms with van der Waals surface area (Å²) < 4.78 is 16.6. The second kappa shape index (κ2) is 9.15. The largest absolute Gasteiger partial charge is 0.493 e. The summed E-state index contributed by atoms with van der Waals surface area (Å²) in [5.74, 6) is 2.01. The van der Waals surface area contributed by atoms with E-state index in [2.05, 4.69) is 4.99 Å². The number of allylic oxidation sites excluding steroid dienone is 1. The molecule has 8 nitrogen and oxygen atoms in total. The van der Waals surface area contributed by atoms with Gasteiger partial charge in [0.2, 0.25) is 0 Å². The molecule has 0 bridgehead atoms. The molecule has 0 radical (unpaired) electrons. The smallest absolute Gasteiger partial charge is 0.282 e. The van der Waals surface area contributed by atoms with E-state index in [1.807, 2.05) is 24.3 Å². The van der Waals surface area contributed by atoms with Gasteiger partial charge in [-0.1, -0.05) is 29.8 Å². The summed E-state index contributed by atoms with van der Waals surface area (Å²) in [6, 6.07) is 12.4. The van der Waals surface area contributed by atoms with E-state index in [1.165, 1.54) is 5.06 Å². The van der Waals surface area contributed by atoms with E-state index in [4.69, 9.17) is 36.1 Å². The lowest BCUT2D eigenvalue weighted by molar-refractivity contribution is -0.114. The first-order valence-electron chi connectivity index (χ1n) is 9.74. The number of para-hydroxylation sites is 2. The maximum Gasteiger partial charge on any atom is 0.282 e. The molecular weight excluding hydrogens is 434 g/mol. The number of carbonyl (C=O) groups excluding carboxylic acids is 1. The molecule has 32 heavy (non-hydrogen) atoms. The van der Waals surface area contributed by atoms with Gasteiger partial charge in [0.1, 0.15) is 24.7 Å². The topological polar surface area (TPSA) is 93.4 Å². The molecule has 0 atom stereocenters. The van der Waals surface area contributed by atoms with Gasteiger partial charge in [-0.25, -0.2) is 0 Å². The molecule has 0 fully saturated rings. The zero-order chi connectivity index (χ0) is 22.7. The highest BCUT2D eigenvalue weighted by atomic mass is 35.5. The lowest BCUT2D eigenvalue weighted by Gasteiger charge is -2.23. The maximum absolute atomic E-state index is 12.4.